The summed E-state index contributed by atoms with van der Waals surface area (Å²) in [5.74, 6) is 6.82. The molecule has 0 radical (unpaired) electrons. The molecule has 0 unspecified atom stereocenters. The number of amides is 4. The van der Waals surface area contributed by atoms with E-state index in [-0.39, 0.29) is 122 Å². The summed E-state index contributed by atoms with van der Waals surface area (Å²) in [6.45, 7) is 9.16. The van der Waals surface area contributed by atoms with Crippen LogP contribution in [0.1, 0.15) is 135 Å². The molecule has 9 aliphatic rings. The van der Waals surface area contributed by atoms with Gasteiger partial charge in [0.15, 0.2) is 0 Å². The van der Waals surface area contributed by atoms with E-state index in [0.717, 1.165) is 127 Å². The highest BCUT2D eigenvalue weighted by molar-refractivity contribution is 5.85. The van der Waals surface area contributed by atoms with Gasteiger partial charge in [-0.25, -0.2) is 0 Å². The van der Waals surface area contributed by atoms with Crippen molar-refractivity contribution in [1.82, 2.24) is 60.2 Å². The molecule has 1 saturated carbocycles. The summed E-state index contributed by atoms with van der Waals surface area (Å²) >= 11 is 0. The van der Waals surface area contributed by atoms with Gasteiger partial charge in [0.05, 0.1) is 68.9 Å². The zero-order valence-electron chi connectivity index (χ0n) is 68.9. The molecule has 4 N–H and O–H groups in total. The van der Waals surface area contributed by atoms with Gasteiger partial charge in [0.2, 0.25) is 46.9 Å². The smallest absolute Gasteiger partial charge is 0.491 e. The van der Waals surface area contributed by atoms with Gasteiger partial charge in [-0.1, -0.05) is 106 Å². The van der Waals surface area contributed by atoms with E-state index < -0.39 is 6.36 Å². The second kappa shape index (κ2) is 35.0. The molecule has 4 amide bonds. The first kappa shape index (κ1) is 83.0. The lowest BCUT2D eigenvalue weighted by Crippen LogP contribution is -2.30. The van der Waals surface area contributed by atoms with E-state index in [4.69, 9.17) is 32.3 Å². The number of nitrogens with zero attached hydrogens (tertiary/aromatic N) is 12. The van der Waals surface area contributed by atoms with Crippen molar-refractivity contribution in [2.75, 3.05) is 52.6 Å². The summed E-state index contributed by atoms with van der Waals surface area (Å²) in [7, 11) is 0. The Hall–Kier alpha value is -13.0. The van der Waals surface area contributed by atoms with E-state index in [2.05, 4.69) is 63.5 Å². The lowest BCUT2D eigenvalue weighted by molar-refractivity contribution is -0.274. The summed E-state index contributed by atoms with van der Waals surface area (Å²) in [6.07, 6.45) is 3.09. The number of aliphatic hydroxyl groups excluding tert-OH is 4. The third-order valence-electron chi connectivity index (χ3n) is 24.3. The summed E-state index contributed by atoms with van der Waals surface area (Å²) in [5, 5.41) is 54.3. The minimum absolute atomic E-state index is 0.0193. The molecular formula is C94H91F3N12O16. The molecule has 4 aliphatic heterocycles. The van der Waals surface area contributed by atoms with Crippen LogP contribution in [-0.2, 0) is 44.9 Å². The number of rotatable bonds is 23. The zero-order valence-corrected chi connectivity index (χ0v) is 68.9. The predicted molar refractivity (Wildman–Crippen MR) is 446 cm³/mol. The minimum atomic E-state index is -4.76. The SMILES string of the molecule is CC(C)Oc1cccc(-c2nc(-c3cccc4c3C[C@@H]3CC(=O)N(CCO)[C@H]43)no2)c1.CC(C)Oc1cccc(-c2nc(-c3cccc4c3C[C@H]3CC(=O)N(CCO)[C@@H]43)no2)c1.O=C1C[C@@H]2Cc3c(-c4noc(-c5ccc(OC(F)(F)F)cc5)n4)cccc3[C@@H]2N1CCO.O=C1C[C@@H]2Cc3c(-c4noc(-c5ccc(OC6CC6)cc5)n4)cccc3[C@@H]2N1CCO. The molecule has 4 saturated heterocycles. The zero-order chi connectivity index (χ0) is 86.5. The number of fused-ring (bicyclic) bond motifs is 12. The molecular weight excluding hydrogens is 1610 g/mol. The van der Waals surface area contributed by atoms with Crippen molar-refractivity contribution in [3.8, 4) is 114 Å². The second-order valence-corrected chi connectivity index (χ2v) is 33.2. The molecule has 125 heavy (non-hydrogen) atoms. The Kier molecular flexibility index (Phi) is 23.2. The molecule has 4 aromatic heterocycles. The Bertz CT molecular complexity index is 5810. The van der Waals surface area contributed by atoms with Crippen LogP contribution in [-0.4, -0.2) is 181 Å². The van der Waals surface area contributed by atoms with Crippen molar-refractivity contribution >= 4 is 23.6 Å². The highest BCUT2D eigenvalue weighted by Crippen LogP contribution is 2.54. The number of carbonyl (C=O) groups excluding carboxylic acids is 4. The number of benzene rings is 8. The molecule has 8 aromatic carbocycles. The van der Waals surface area contributed by atoms with Crippen LogP contribution in [0, 0.1) is 23.7 Å². The molecule has 8 heterocycles. The molecule has 28 nitrogen and oxygen atoms in total. The van der Waals surface area contributed by atoms with Gasteiger partial charge < -0.3 is 77.1 Å². The van der Waals surface area contributed by atoms with E-state index >= 15 is 0 Å². The molecule has 8 atom stereocenters. The van der Waals surface area contributed by atoms with Gasteiger partial charge in [-0.05, 0) is 219 Å². The van der Waals surface area contributed by atoms with E-state index in [1.165, 1.54) is 29.8 Å². The topological polar surface area (TPSA) is 355 Å². The van der Waals surface area contributed by atoms with Gasteiger partial charge in [-0.2, -0.15) is 19.9 Å². The van der Waals surface area contributed by atoms with Crippen LogP contribution in [0.2, 0.25) is 0 Å². The molecule has 12 aromatic rings. The number of halogens is 3. The average molecular weight is 1700 g/mol. The normalized spacial score (nSPS) is 20.3. The van der Waals surface area contributed by atoms with E-state index in [9.17, 15) is 52.8 Å². The minimum Gasteiger partial charge on any atom is -0.491 e. The van der Waals surface area contributed by atoms with Crippen molar-refractivity contribution in [1.29, 1.82) is 0 Å². The van der Waals surface area contributed by atoms with Crippen LogP contribution >= 0.6 is 0 Å². The van der Waals surface area contributed by atoms with Crippen LogP contribution in [0.25, 0.3) is 91.4 Å². The number of alkyl halides is 3. The van der Waals surface area contributed by atoms with Gasteiger partial charge in [-0.15, -0.1) is 13.2 Å². The Morgan fingerprint density at radius 1 is 0.368 bits per heavy atom. The Labute approximate surface area is 715 Å². The second-order valence-electron chi connectivity index (χ2n) is 33.2. The fourth-order valence-corrected chi connectivity index (χ4v) is 19.3. The largest absolute Gasteiger partial charge is 0.573 e. The first-order valence-corrected chi connectivity index (χ1v) is 42.3. The van der Waals surface area contributed by atoms with Crippen molar-refractivity contribution in [2.45, 2.75) is 141 Å². The van der Waals surface area contributed by atoms with Gasteiger partial charge in [0.1, 0.15) is 23.0 Å². The Morgan fingerprint density at radius 3 is 0.936 bits per heavy atom. The van der Waals surface area contributed by atoms with Gasteiger partial charge >= 0.3 is 6.36 Å². The van der Waals surface area contributed by atoms with E-state index in [1.54, 1.807) is 4.90 Å². The molecule has 5 fully saturated rings. The standard InChI is InChI=1S/C24H23N3O4.2C24H25N3O4.C22H18F3N3O4/c28-11-10-27-21(29)13-15-12-20-18(22(15)27)2-1-3-19(20)23-25-24(31-26-23)14-4-6-16(7-5-14)30-17-8-9-17;2*1-14(2)30-17-6-3-5-15(11-17)24-25-23(26-31-24)19-8-4-7-18-20(19)12-16-13-21(29)27(9-10-28)22(16)18;23-22(24,25)31-14-6-4-12(5-7-14)21-26-20(27-32-21)16-3-1-2-15-17(16)10-13-11-18(30)28(8-9-29)19(13)15/h1-7,15,17,22,28H,8-13H2;2*3-8,11,14,16,22,28H,9-10,12-13H2,1-2H3;1-7,13,19,29H,8-11H2/t15-,22+;2*16-,22+;13-,19+/m0100/s1. The number of carbonyl (C=O) groups is 4. The van der Waals surface area contributed by atoms with Crippen LogP contribution in [0.15, 0.2) is 188 Å². The molecule has 644 valence electrons. The maximum absolute atomic E-state index is 12.4. The lowest BCUT2D eigenvalue weighted by Gasteiger charge is -2.24. The number of ether oxygens (including phenoxy) is 4. The van der Waals surface area contributed by atoms with Crippen molar-refractivity contribution in [2.24, 2.45) is 23.7 Å². The van der Waals surface area contributed by atoms with Crippen LogP contribution in [0.3, 0.4) is 0 Å². The van der Waals surface area contributed by atoms with Crippen molar-refractivity contribution < 1.29 is 89.8 Å². The molecule has 31 heteroatoms. The van der Waals surface area contributed by atoms with Gasteiger partial charge in [-0.3, -0.25) is 19.2 Å². The lowest BCUT2D eigenvalue weighted by atomic mass is 10.0. The Balaban J connectivity index is 0.000000113. The van der Waals surface area contributed by atoms with Gasteiger partial charge in [0, 0.05) is 96.4 Å². The molecule has 0 spiro atoms. The molecule has 0 bridgehead atoms. The first-order valence-electron chi connectivity index (χ1n) is 42.3. The third-order valence-corrected chi connectivity index (χ3v) is 24.3. The fourth-order valence-electron chi connectivity index (χ4n) is 19.3. The molecule has 5 aliphatic carbocycles. The summed E-state index contributed by atoms with van der Waals surface area (Å²) in [5.41, 5.74) is 15.5. The van der Waals surface area contributed by atoms with E-state index in [0.29, 0.717) is 111 Å². The first-order chi connectivity index (χ1) is 60.6. The van der Waals surface area contributed by atoms with Crippen LogP contribution in [0.4, 0.5) is 13.2 Å². The summed E-state index contributed by atoms with van der Waals surface area (Å²) < 4.78 is 80.3. The number of hydrogen-bond donors (Lipinski definition) is 4. The van der Waals surface area contributed by atoms with Crippen LogP contribution in [0.5, 0.6) is 23.0 Å². The number of likely N-dealkylation sites (tertiary alicyclic amines) is 4. The fraction of sp³-hybridized carbons (Fsp3) is 0.362. The van der Waals surface area contributed by atoms with Crippen LogP contribution < -0.4 is 18.9 Å². The summed E-state index contributed by atoms with van der Waals surface area (Å²) in [4.78, 5) is 75.0. The Morgan fingerprint density at radius 2 is 0.656 bits per heavy atom. The maximum Gasteiger partial charge on any atom is 0.573 e. The van der Waals surface area contributed by atoms with Gasteiger partial charge in [0.25, 0.3) is 23.6 Å². The monoisotopic (exact) mass is 1700 g/mol. The third kappa shape index (κ3) is 17.0. The number of aliphatic hydroxyl groups is 4. The quantitative estimate of drug-likeness (QED) is 0.0462. The predicted octanol–water partition coefficient (Wildman–Crippen LogP) is 14.4. The van der Waals surface area contributed by atoms with E-state index in [1.807, 2.05) is 170 Å². The number of aromatic nitrogens is 8. The summed E-state index contributed by atoms with van der Waals surface area (Å²) in [6, 6.07) is 52.1. The van der Waals surface area contributed by atoms with Crippen molar-refractivity contribution in [3.05, 3.63) is 214 Å². The average Bonchev–Trinajstić information content (AvgIpc) is 1.60. The van der Waals surface area contributed by atoms with Crippen molar-refractivity contribution in [3.63, 3.8) is 0 Å². The molecule has 21 rings (SSSR count). The highest BCUT2D eigenvalue weighted by atomic mass is 19.4. The highest BCUT2D eigenvalue weighted by Gasteiger charge is 2.51. The number of β-amino-alcohol motifs (C(OH)–C–C–N with tert-alkyl or cyclic N) is 4. The maximum atomic E-state index is 12.4. The number of hydrogen-bond acceptors (Lipinski definition) is 24.